The van der Waals surface area contributed by atoms with E-state index < -0.39 is 29.3 Å². The Bertz CT molecular complexity index is 1580. The van der Waals surface area contributed by atoms with Crippen molar-refractivity contribution < 1.29 is 27.8 Å². The molecule has 1 atom stereocenters. The normalized spacial score (nSPS) is 12.4. The Morgan fingerprint density at radius 1 is 1.13 bits per heavy atom. The molecule has 0 radical (unpaired) electrons. The topological polar surface area (TPSA) is 94.6 Å². The van der Waals surface area contributed by atoms with Crippen LogP contribution >= 0.6 is 11.6 Å². The van der Waals surface area contributed by atoms with E-state index in [1.54, 1.807) is 12.1 Å². The van der Waals surface area contributed by atoms with Crippen LogP contribution in [0.2, 0.25) is 5.02 Å². The summed E-state index contributed by atoms with van der Waals surface area (Å²) in [5.74, 6) is -2.72. The second-order valence-corrected chi connectivity index (χ2v) is 9.95. The van der Waals surface area contributed by atoms with E-state index in [0.29, 0.717) is 22.3 Å². The number of rotatable bonds is 6. The van der Waals surface area contributed by atoms with Crippen LogP contribution in [0.3, 0.4) is 0 Å². The van der Waals surface area contributed by atoms with E-state index >= 15 is 0 Å². The van der Waals surface area contributed by atoms with E-state index in [2.05, 4.69) is 4.98 Å². The number of pyridine rings is 1. The monoisotopic (exact) mass is 542 g/mol. The largest absolute Gasteiger partial charge is 0.449 e. The van der Waals surface area contributed by atoms with Gasteiger partial charge in [-0.15, -0.1) is 0 Å². The zero-order valence-electron chi connectivity index (χ0n) is 21.3. The van der Waals surface area contributed by atoms with E-state index in [1.807, 2.05) is 13.8 Å². The molecule has 2 heterocycles. The van der Waals surface area contributed by atoms with Gasteiger partial charge in [-0.05, 0) is 69.2 Å². The number of carbonyl (C=O) groups is 1. The van der Waals surface area contributed by atoms with Crippen molar-refractivity contribution in [3.05, 3.63) is 92.7 Å². The number of esters is 1. The molecular formula is C28H25ClF2N2O5. The van der Waals surface area contributed by atoms with Crippen LogP contribution in [0.5, 0.6) is 0 Å². The van der Waals surface area contributed by atoms with Crippen LogP contribution in [-0.2, 0) is 9.53 Å². The van der Waals surface area contributed by atoms with Gasteiger partial charge in [0.05, 0.1) is 11.3 Å². The lowest BCUT2D eigenvalue weighted by molar-refractivity contribution is -0.162. The quantitative estimate of drug-likeness (QED) is 0.297. The summed E-state index contributed by atoms with van der Waals surface area (Å²) < 4.78 is 41.2. The van der Waals surface area contributed by atoms with Crippen molar-refractivity contribution in [2.24, 2.45) is 0 Å². The Morgan fingerprint density at radius 3 is 2.37 bits per heavy atom. The first-order valence-electron chi connectivity index (χ1n) is 11.6. The van der Waals surface area contributed by atoms with E-state index in [1.165, 1.54) is 42.8 Å². The van der Waals surface area contributed by atoms with Crippen LogP contribution in [0.4, 0.5) is 8.78 Å². The van der Waals surface area contributed by atoms with Gasteiger partial charge in [0.2, 0.25) is 12.0 Å². The van der Waals surface area contributed by atoms with Gasteiger partial charge in [0.25, 0.3) is 5.56 Å². The van der Waals surface area contributed by atoms with Crippen molar-refractivity contribution in [2.45, 2.75) is 46.3 Å². The van der Waals surface area contributed by atoms with Gasteiger partial charge >= 0.3 is 5.97 Å². The summed E-state index contributed by atoms with van der Waals surface area (Å²) in [5.41, 5.74) is 0.462. The number of oxazole rings is 1. The number of nitrogens with zero attached hydrogens (tertiary/aromatic N) is 2. The summed E-state index contributed by atoms with van der Waals surface area (Å²) in [6.45, 7) is 7.58. The number of ether oxygens (including phenoxy) is 1. The minimum Gasteiger partial charge on any atom is -0.449 e. The van der Waals surface area contributed by atoms with Crippen LogP contribution in [0.25, 0.3) is 28.3 Å². The van der Waals surface area contributed by atoms with Crippen LogP contribution < -0.4 is 5.56 Å². The number of aromatic nitrogens is 2. The summed E-state index contributed by atoms with van der Waals surface area (Å²) in [6, 6.07) is 9.20. The summed E-state index contributed by atoms with van der Waals surface area (Å²) in [5, 5.41) is 11.2. The highest BCUT2D eigenvalue weighted by molar-refractivity contribution is 6.30. The zero-order valence-corrected chi connectivity index (χ0v) is 22.1. The average Bonchev–Trinajstić information content (AvgIpc) is 3.21. The maximum Gasteiger partial charge on any atom is 0.303 e. The van der Waals surface area contributed by atoms with Gasteiger partial charge in [-0.1, -0.05) is 11.6 Å². The van der Waals surface area contributed by atoms with Crippen LogP contribution in [-0.4, -0.2) is 26.2 Å². The molecule has 0 saturated heterocycles. The smallest absolute Gasteiger partial charge is 0.303 e. The second kappa shape index (κ2) is 10.2. The van der Waals surface area contributed by atoms with Gasteiger partial charge in [-0.25, -0.2) is 13.8 Å². The molecule has 0 amide bonds. The fraction of sp³-hybridized carbons (Fsp3) is 0.250. The Kier molecular flexibility index (Phi) is 7.27. The van der Waals surface area contributed by atoms with Crippen molar-refractivity contribution in [1.29, 1.82) is 0 Å². The predicted octanol–water partition coefficient (Wildman–Crippen LogP) is 6.08. The Morgan fingerprint density at radius 2 is 1.79 bits per heavy atom. The molecule has 0 aliphatic carbocycles. The molecule has 4 aromatic rings. The highest BCUT2D eigenvalue weighted by atomic mass is 35.5. The summed E-state index contributed by atoms with van der Waals surface area (Å²) >= 11 is 6.17. The van der Waals surface area contributed by atoms with Gasteiger partial charge < -0.3 is 14.3 Å². The fourth-order valence-corrected chi connectivity index (χ4v) is 4.58. The lowest BCUT2D eigenvalue weighted by Gasteiger charge is -2.25. The molecule has 0 fully saturated rings. The molecule has 1 N–H and O–H groups in total. The highest BCUT2D eigenvalue weighted by Crippen LogP contribution is 2.39. The molecule has 7 nitrogen and oxygen atoms in total. The molecule has 0 saturated carbocycles. The fourth-order valence-electron chi connectivity index (χ4n) is 4.25. The number of hydrogen-bond donors (Lipinski definition) is 1. The van der Waals surface area contributed by atoms with Gasteiger partial charge in [0.15, 0.2) is 5.76 Å². The summed E-state index contributed by atoms with van der Waals surface area (Å²) in [7, 11) is 0. The molecule has 10 heteroatoms. The molecule has 0 aliphatic rings. The lowest BCUT2D eigenvalue weighted by atomic mass is 10.0. The predicted molar refractivity (Wildman–Crippen MR) is 138 cm³/mol. The average molecular weight is 543 g/mol. The first-order valence-corrected chi connectivity index (χ1v) is 12.0. The molecule has 0 bridgehead atoms. The third-order valence-electron chi connectivity index (χ3n) is 5.85. The Balaban J connectivity index is 1.99. The second-order valence-electron chi connectivity index (χ2n) is 9.51. The minimum absolute atomic E-state index is 0.0879. The molecule has 0 unspecified atom stereocenters. The summed E-state index contributed by atoms with van der Waals surface area (Å²) in [4.78, 5) is 29.1. The SMILES string of the molecule is CC(=O)O[C@H](c1nc(-c2ccc(=O)n(-c3c(C)cc(Cl)cc3C)c2)c(-c2ccc(F)cc2F)o1)C(C)(C)O. The van der Waals surface area contributed by atoms with Gasteiger partial charge in [0, 0.05) is 35.8 Å². The number of aliphatic hydroxyl groups is 1. The lowest BCUT2D eigenvalue weighted by Crippen LogP contribution is -2.32. The Labute approximate surface area is 222 Å². The third-order valence-corrected chi connectivity index (χ3v) is 6.07. The maximum absolute atomic E-state index is 14.9. The van der Waals surface area contributed by atoms with E-state index in [-0.39, 0.29) is 28.5 Å². The zero-order chi connectivity index (χ0) is 27.9. The maximum atomic E-state index is 14.9. The number of halogens is 3. The minimum atomic E-state index is -1.62. The Hall–Kier alpha value is -3.82. The molecule has 2 aromatic heterocycles. The molecule has 38 heavy (non-hydrogen) atoms. The number of benzene rings is 2. The molecule has 198 valence electrons. The van der Waals surface area contributed by atoms with Crippen LogP contribution in [0, 0.1) is 25.5 Å². The standard InChI is InChI=1S/C28H25ClF2N2O5/c1-14-10-18(29)11-15(2)24(14)33-13-17(6-9-22(33)35)23-25(20-8-7-19(30)12-21(20)31)38-27(32-23)26(28(4,5)36)37-16(3)34/h6-13,26,36H,1-5H3/t26-/m1/s1. The van der Waals surface area contributed by atoms with Crippen molar-refractivity contribution in [2.75, 3.05) is 0 Å². The van der Waals surface area contributed by atoms with E-state index in [0.717, 1.165) is 24.1 Å². The number of hydrogen-bond acceptors (Lipinski definition) is 6. The van der Waals surface area contributed by atoms with Crippen molar-refractivity contribution in [3.8, 4) is 28.3 Å². The molecular weight excluding hydrogens is 518 g/mol. The van der Waals surface area contributed by atoms with Gasteiger partial charge in [-0.3, -0.25) is 14.2 Å². The third kappa shape index (κ3) is 5.39. The molecule has 0 aliphatic heterocycles. The van der Waals surface area contributed by atoms with Gasteiger partial charge in [-0.2, -0.15) is 0 Å². The highest BCUT2D eigenvalue weighted by Gasteiger charge is 2.37. The van der Waals surface area contributed by atoms with E-state index in [4.69, 9.17) is 20.8 Å². The molecule has 0 spiro atoms. The first kappa shape index (κ1) is 27.2. The number of carbonyl (C=O) groups excluding carboxylic acids is 1. The van der Waals surface area contributed by atoms with Gasteiger partial charge in [0.1, 0.15) is 22.9 Å². The summed E-state index contributed by atoms with van der Waals surface area (Å²) in [6.07, 6.45) is 0.172. The van der Waals surface area contributed by atoms with Crippen molar-refractivity contribution in [1.82, 2.24) is 9.55 Å². The van der Waals surface area contributed by atoms with E-state index in [9.17, 15) is 23.5 Å². The van der Waals surface area contributed by atoms with Crippen molar-refractivity contribution >= 4 is 17.6 Å². The molecule has 2 aromatic carbocycles. The van der Waals surface area contributed by atoms with Crippen molar-refractivity contribution in [3.63, 3.8) is 0 Å². The van der Waals surface area contributed by atoms with Crippen LogP contribution in [0.15, 0.2) is 57.9 Å². The number of aryl methyl sites for hydroxylation is 2. The first-order chi connectivity index (χ1) is 17.8. The molecule has 4 rings (SSSR count). The van der Waals surface area contributed by atoms with Crippen LogP contribution in [0.1, 0.15) is 43.9 Å².